The number of hydrogen-bond donors (Lipinski definition) is 1. The second kappa shape index (κ2) is 7.81. The molecular weight excluding hydrogens is 352 g/mol. The van der Waals surface area contributed by atoms with Crippen LogP contribution in [0.25, 0.3) is 0 Å². The standard InChI is InChI=1S/C13H13F2NO7S/c1-7(10(17)16-13(19)22-2)23-11(18)8-3-5-9(6-4-8)24(20,21)12(14)15/h3-7,12H,1-2H3,(H,16,17,19)/t7-/m0/s1. The summed E-state index contributed by atoms with van der Waals surface area (Å²) in [5, 5.41) is 1.79. The smallest absolute Gasteiger partial charge is 0.413 e. The van der Waals surface area contributed by atoms with Gasteiger partial charge >= 0.3 is 17.8 Å². The van der Waals surface area contributed by atoms with Crippen LogP contribution in [0.15, 0.2) is 29.2 Å². The lowest BCUT2D eigenvalue weighted by Crippen LogP contribution is -2.39. The van der Waals surface area contributed by atoms with E-state index in [0.29, 0.717) is 0 Å². The largest absolute Gasteiger partial charge is 0.453 e. The van der Waals surface area contributed by atoms with Crippen molar-refractivity contribution in [3.8, 4) is 0 Å². The van der Waals surface area contributed by atoms with E-state index in [4.69, 9.17) is 4.74 Å². The summed E-state index contributed by atoms with van der Waals surface area (Å²) in [6, 6.07) is 3.56. The van der Waals surface area contributed by atoms with Gasteiger partial charge in [-0.05, 0) is 31.2 Å². The highest BCUT2D eigenvalue weighted by atomic mass is 32.2. The zero-order chi connectivity index (χ0) is 18.5. The van der Waals surface area contributed by atoms with Crippen molar-refractivity contribution in [2.45, 2.75) is 23.7 Å². The molecule has 1 rings (SSSR count). The van der Waals surface area contributed by atoms with Gasteiger partial charge in [-0.1, -0.05) is 0 Å². The Balaban J connectivity index is 2.79. The van der Waals surface area contributed by atoms with Gasteiger partial charge in [0.25, 0.3) is 5.91 Å². The highest BCUT2D eigenvalue weighted by Gasteiger charge is 2.27. The van der Waals surface area contributed by atoms with Gasteiger partial charge in [0, 0.05) is 0 Å². The molecule has 132 valence electrons. The van der Waals surface area contributed by atoms with Crippen molar-refractivity contribution in [2.24, 2.45) is 0 Å². The summed E-state index contributed by atoms with van der Waals surface area (Å²) in [6.07, 6.45) is -2.38. The summed E-state index contributed by atoms with van der Waals surface area (Å²) in [6.45, 7) is 1.19. The number of rotatable bonds is 5. The molecule has 0 spiro atoms. The van der Waals surface area contributed by atoms with Gasteiger partial charge in [0.1, 0.15) is 0 Å². The molecule has 0 aliphatic heterocycles. The lowest BCUT2D eigenvalue weighted by atomic mass is 10.2. The number of hydrogen-bond acceptors (Lipinski definition) is 7. The molecule has 0 fully saturated rings. The first kappa shape index (κ1) is 19.5. The summed E-state index contributed by atoms with van der Waals surface area (Å²) in [5.41, 5.74) is -0.166. The van der Waals surface area contributed by atoms with Crippen LogP contribution in [-0.4, -0.2) is 45.4 Å². The molecule has 24 heavy (non-hydrogen) atoms. The number of methoxy groups -OCH3 is 1. The predicted octanol–water partition coefficient (Wildman–Crippen LogP) is 1.11. The quantitative estimate of drug-likeness (QED) is 0.777. The predicted molar refractivity (Wildman–Crippen MR) is 75.1 cm³/mol. The van der Waals surface area contributed by atoms with Gasteiger partial charge in [0.15, 0.2) is 6.10 Å². The topological polar surface area (TPSA) is 116 Å². The number of alkyl carbamates (subject to hydrolysis) is 1. The molecule has 1 atom stereocenters. The monoisotopic (exact) mass is 365 g/mol. The summed E-state index contributed by atoms with van der Waals surface area (Å²) in [4.78, 5) is 33.5. The second-order valence-electron chi connectivity index (χ2n) is 4.36. The Morgan fingerprint density at radius 3 is 2.12 bits per heavy atom. The number of alkyl halides is 2. The summed E-state index contributed by atoms with van der Waals surface area (Å²) in [5.74, 6) is -5.53. The number of halogens is 2. The van der Waals surface area contributed by atoms with Crippen molar-refractivity contribution in [1.29, 1.82) is 0 Å². The Morgan fingerprint density at radius 2 is 1.67 bits per heavy atom. The van der Waals surface area contributed by atoms with Crippen LogP contribution >= 0.6 is 0 Å². The van der Waals surface area contributed by atoms with E-state index in [0.717, 1.165) is 31.4 Å². The van der Waals surface area contributed by atoms with Gasteiger partial charge in [0.2, 0.25) is 9.84 Å². The van der Waals surface area contributed by atoms with Crippen LogP contribution in [0, 0.1) is 0 Å². The summed E-state index contributed by atoms with van der Waals surface area (Å²) < 4.78 is 56.2. The van der Waals surface area contributed by atoms with Crippen LogP contribution in [0.2, 0.25) is 0 Å². The van der Waals surface area contributed by atoms with E-state index in [2.05, 4.69) is 4.74 Å². The third kappa shape index (κ3) is 4.72. The van der Waals surface area contributed by atoms with Gasteiger partial charge in [-0.2, -0.15) is 8.78 Å². The van der Waals surface area contributed by atoms with E-state index in [1.807, 2.05) is 0 Å². The van der Waals surface area contributed by atoms with E-state index in [-0.39, 0.29) is 5.56 Å². The lowest BCUT2D eigenvalue weighted by molar-refractivity contribution is -0.128. The number of sulfone groups is 1. The molecule has 0 radical (unpaired) electrons. The summed E-state index contributed by atoms with van der Waals surface area (Å²) >= 11 is 0. The van der Waals surface area contributed by atoms with Crippen molar-refractivity contribution in [3.05, 3.63) is 29.8 Å². The van der Waals surface area contributed by atoms with Crippen molar-refractivity contribution in [2.75, 3.05) is 7.11 Å². The maximum Gasteiger partial charge on any atom is 0.413 e. The first-order chi connectivity index (χ1) is 11.1. The Bertz CT molecular complexity index is 731. The van der Waals surface area contributed by atoms with Crippen LogP contribution in [0.4, 0.5) is 13.6 Å². The fourth-order valence-electron chi connectivity index (χ4n) is 1.42. The molecule has 1 aromatic carbocycles. The SMILES string of the molecule is COC(=O)NC(=O)[C@H](C)OC(=O)c1ccc(S(=O)(=O)C(F)F)cc1. The molecule has 8 nitrogen and oxygen atoms in total. The van der Waals surface area contributed by atoms with Gasteiger partial charge < -0.3 is 9.47 Å². The number of ether oxygens (including phenoxy) is 2. The summed E-state index contributed by atoms with van der Waals surface area (Å²) in [7, 11) is -3.74. The van der Waals surface area contributed by atoms with E-state index >= 15 is 0 Å². The third-order valence-electron chi connectivity index (χ3n) is 2.72. The molecule has 0 bridgehead atoms. The maximum absolute atomic E-state index is 12.4. The number of esters is 1. The molecule has 0 unspecified atom stereocenters. The number of amides is 2. The number of nitrogens with one attached hydrogen (secondary N) is 1. The Morgan fingerprint density at radius 1 is 1.12 bits per heavy atom. The Hall–Kier alpha value is -2.56. The Kier molecular flexibility index (Phi) is 6.35. The third-order valence-corrected chi connectivity index (χ3v) is 4.12. The average Bonchev–Trinajstić information content (AvgIpc) is 2.54. The maximum atomic E-state index is 12.4. The van der Waals surface area contributed by atoms with Crippen LogP contribution in [0.1, 0.15) is 17.3 Å². The second-order valence-corrected chi connectivity index (χ2v) is 6.28. The molecular formula is C13H13F2NO7S. The molecule has 0 heterocycles. The van der Waals surface area contributed by atoms with Crippen LogP contribution in [0.3, 0.4) is 0 Å². The molecule has 1 N–H and O–H groups in total. The van der Waals surface area contributed by atoms with Crippen molar-refractivity contribution in [1.82, 2.24) is 5.32 Å². The normalized spacial score (nSPS) is 12.4. The highest BCUT2D eigenvalue weighted by Crippen LogP contribution is 2.19. The molecule has 0 aromatic heterocycles. The zero-order valence-corrected chi connectivity index (χ0v) is 13.3. The van der Waals surface area contributed by atoms with E-state index in [1.54, 1.807) is 5.32 Å². The molecule has 1 aromatic rings. The molecule has 0 aliphatic rings. The molecule has 0 saturated heterocycles. The minimum atomic E-state index is -4.77. The van der Waals surface area contributed by atoms with Gasteiger partial charge in [0.05, 0.1) is 17.6 Å². The number of benzene rings is 1. The van der Waals surface area contributed by atoms with Crippen molar-refractivity contribution < 1.29 is 41.1 Å². The van der Waals surface area contributed by atoms with Gasteiger partial charge in [-0.15, -0.1) is 0 Å². The van der Waals surface area contributed by atoms with Crippen molar-refractivity contribution in [3.63, 3.8) is 0 Å². The van der Waals surface area contributed by atoms with Crippen LogP contribution in [0.5, 0.6) is 0 Å². The first-order valence-corrected chi connectivity index (χ1v) is 7.86. The number of imide groups is 1. The van der Waals surface area contributed by atoms with Crippen LogP contribution < -0.4 is 5.32 Å². The fourth-order valence-corrected chi connectivity index (χ4v) is 2.14. The fraction of sp³-hybridized carbons (Fsp3) is 0.308. The van der Waals surface area contributed by atoms with Gasteiger partial charge in [-0.3, -0.25) is 10.1 Å². The first-order valence-electron chi connectivity index (χ1n) is 6.31. The van der Waals surface area contributed by atoms with E-state index in [1.165, 1.54) is 6.92 Å². The van der Waals surface area contributed by atoms with E-state index in [9.17, 15) is 31.6 Å². The molecule has 0 saturated carbocycles. The molecule has 2 amide bonds. The zero-order valence-electron chi connectivity index (χ0n) is 12.5. The molecule has 11 heteroatoms. The van der Waals surface area contributed by atoms with Crippen molar-refractivity contribution >= 4 is 27.8 Å². The highest BCUT2D eigenvalue weighted by molar-refractivity contribution is 7.91. The number of carbonyl (C=O) groups is 3. The minimum Gasteiger partial charge on any atom is -0.453 e. The molecule has 0 aliphatic carbocycles. The average molecular weight is 365 g/mol. The van der Waals surface area contributed by atoms with Crippen LogP contribution in [-0.2, 0) is 24.1 Å². The van der Waals surface area contributed by atoms with E-state index < -0.39 is 44.6 Å². The lowest BCUT2D eigenvalue weighted by Gasteiger charge is -2.12. The number of carbonyl (C=O) groups excluding carboxylic acids is 3. The Labute approximate surface area is 135 Å². The minimum absolute atomic E-state index is 0.166. The van der Waals surface area contributed by atoms with Gasteiger partial charge in [-0.25, -0.2) is 18.0 Å².